The molecule has 2 nitrogen and oxygen atoms in total. The Morgan fingerprint density at radius 1 is 1.05 bits per heavy atom. The predicted molar refractivity (Wildman–Crippen MR) is 67.0 cm³/mol. The van der Waals surface area contributed by atoms with Crippen molar-refractivity contribution in [3.63, 3.8) is 0 Å². The van der Waals surface area contributed by atoms with E-state index in [1.165, 1.54) is 6.92 Å². The van der Waals surface area contributed by atoms with Crippen LogP contribution in [0, 0.1) is 11.3 Å². The summed E-state index contributed by atoms with van der Waals surface area (Å²) >= 11 is 0. The average molecular weight is 334 g/mol. The van der Waals surface area contributed by atoms with Gasteiger partial charge in [-0.25, -0.2) is 0 Å². The van der Waals surface area contributed by atoms with Gasteiger partial charge in [0.25, 0.3) is 0 Å². The average Bonchev–Trinajstić information content (AvgIpc) is 2.42. The molecule has 1 unspecified atom stereocenters. The molecule has 1 atom stereocenters. The third kappa shape index (κ3) is 3.68. The van der Waals surface area contributed by atoms with E-state index >= 15 is 0 Å². The summed E-state index contributed by atoms with van der Waals surface area (Å²) in [6, 6.07) is 0. The zero-order chi connectivity index (χ0) is 17.2. The summed E-state index contributed by atoms with van der Waals surface area (Å²) in [5, 5.41) is 0. The minimum atomic E-state index is -5.55. The molecule has 0 saturated heterocycles. The Hall–Kier alpha value is -0.950. The highest BCUT2D eigenvalue weighted by molar-refractivity contribution is 5.69. The Morgan fingerprint density at radius 2 is 1.50 bits per heavy atom. The minimum absolute atomic E-state index is 0.0925. The summed E-state index contributed by atoms with van der Waals surface area (Å²) in [6.07, 6.45) is -11.4. The Morgan fingerprint density at radius 3 is 1.86 bits per heavy atom. The van der Waals surface area contributed by atoms with E-state index in [4.69, 9.17) is 0 Å². The fourth-order valence-electron chi connectivity index (χ4n) is 2.83. The lowest BCUT2D eigenvalue weighted by atomic mass is 9.71. The molecule has 0 spiro atoms. The molecule has 0 aromatic carbocycles. The van der Waals surface area contributed by atoms with Crippen LogP contribution < -0.4 is 0 Å². The Kier molecular flexibility index (Phi) is 5.78. The molecule has 0 bridgehead atoms. The zero-order valence-electron chi connectivity index (χ0n) is 12.5. The Labute approximate surface area is 125 Å². The summed E-state index contributed by atoms with van der Waals surface area (Å²) in [4.78, 5) is 11.4. The molecule has 130 valence electrons. The van der Waals surface area contributed by atoms with E-state index in [2.05, 4.69) is 4.74 Å². The van der Waals surface area contributed by atoms with Gasteiger partial charge in [0.15, 0.2) is 5.41 Å². The second-order valence-electron chi connectivity index (χ2n) is 5.86. The van der Waals surface area contributed by atoms with Gasteiger partial charge in [-0.2, -0.15) is 26.3 Å². The summed E-state index contributed by atoms with van der Waals surface area (Å²) in [5.41, 5.74) is -4.06. The highest BCUT2D eigenvalue weighted by atomic mass is 19.4. The highest BCUT2D eigenvalue weighted by Crippen LogP contribution is 2.56. The zero-order valence-corrected chi connectivity index (χ0v) is 12.5. The number of carbonyl (C=O) groups excluding carboxylic acids is 1. The van der Waals surface area contributed by atoms with E-state index in [1.807, 2.05) is 0 Å². The fourth-order valence-corrected chi connectivity index (χ4v) is 2.83. The van der Waals surface area contributed by atoms with E-state index < -0.39 is 35.8 Å². The molecular formula is C14H20F6O2. The molecule has 1 rings (SSSR count). The maximum atomic E-state index is 13.2. The van der Waals surface area contributed by atoms with Crippen molar-refractivity contribution in [3.8, 4) is 0 Å². The van der Waals surface area contributed by atoms with Gasteiger partial charge >= 0.3 is 18.3 Å². The molecule has 0 radical (unpaired) electrons. The van der Waals surface area contributed by atoms with Gasteiger partial charge in [0, 0.05) is 6.42 Å². The SMILES string of the molecule is CCC(=O)OC(C1CCCCC1)C(C)(C(F)(F)F)C(F)(F)F. The number of hydrogen-bond acceptors (Lipinski definition) is 2. The lowest BCUT2D eigenvalue weighted by molar-refractivity contribution is -0.365. The quantitative estimate of drug-likeness (QED) is 0.533. The predicted octanol–water partition coefficient (Wildman–Crippen LogP) is 5.02. The summed E-state index contributed by atoms with van der Waals surface area (Å²) in [6.45, 7) is 1.42. The molecule has 8 heteroatoms. The van der Waals surface area contributed by atoms with Gasteiger partial charge < -0.3 is 4.74 Å². The largest absolute Gasteiger partial charge is 0.461 e. The van der Waals surface area contributed by atoms with Crippen LogP contribution in [0.5, 0.6) is 0 Å². The Balaban J connectivity index is 3.27. The second kappa shape index (κ2) is 6.66. The van der Waals surface area contributed by atoms with Crippen LogP contribution in [0.1, 0.15) is 52.4 Å². The topological polar surface area (TPSA) is 26.3 Å². The first-order valence-corrected chi connectivity index (χ1v) is 7.28. The summed E-state index contributed by atoms with van der Waals surface area (Å²) in [7, 11) is 0. The first-order valence-electron chi connectivity index (χ1n) is 7.28. The first-order chi connectivity index (χ1) is 9.95. The van der Waals surface area contributed by atoms with Crippen LogP contribution in [0.3, 0.4) is 0 Å². The van der Waals surface area contributed by atoms with Gasteiger partial charge in [0.05, 0.1) is 0 Å². The van der Waals surface area contributed by atoms with Crippen molar-refractivity contribution < 1.29 is 35.9 Å². The number of hydrogen-bond donors (Lipinski definition) is 0. The molecule has 0 aromatic rings. The third-order valence-electron chi connectivity index (χ3n) is 4.37. The van der Waals surface area contributed by atoms with Gasteiger partial charge in [0.2, 0.25) is 0 Å². The third-order valence-corrected chi connectivity index (χ3v) is 4.37. The monoisotopic (exact) mass is 334 g/mol. The van der Waals surface area contributed by atoms with E-state index in [-0.39, 0.29) is 26.2 Å². The minimum Gasteiger partial charge on any atom is -0.461 e. The molecule has 22 heavy (non-hydrogen) atoms. The van der Waals surface area contributed by atoms with Crippen LogP contribution in [0.15, 0.2) is 0 Å². The second-order valence-corrected chi connectivity index (χ2v) is 5.86. The van der Waals surface area contributed by atoms with Crippen molar-refractivity contribution in [2.75, 3.05) is 0 Å². The van der Waals surface area contributed by atoms with Gasteiger partial charge in [-0.15, -0.1) is 0 Å². The van der Waals surface area contributed by atoms with Crippen molar-refractivity contribution in [2.45, 2.75) is 70.8 Å². The van der Waals surface area contributed by atoms with Crippen LogP contribution in [0.2, 0.25) is 0 Å². The van der Waals surface area contributed by atoms with Gasteiger partial charge in [-0.1, -0.05) is 26.2 Å². The molecule has 0 amide bonds. The van der Waals surface area contributed by atoms with Crippen LogP contribution in [0.25, 0.3) is 0 Å². The van der Waals surface area contributed by atoms with Crippen LogP contribution >= 0.6 is 0 Å². The van der Waals surface area contributed by atoms with Gasteiger partial charge in [-0.3, -0.25) is 4.79 Å². The number of halogens is 6. The van der Waals surface area contributed by atoms with Crippen molar-refractivity contribution in [3.05, 3.63) is 0 Å². The molecule has 1 aliphatic carbocycles. The molecule has 0 aromatic heterocycles. The van der Waals surface area contributed by atoms with Crippen LogP contribution in [0.4, 0.5) is 26.3 Å². The molecule has 1 fully saturated rings. The number of esters is 1. The standard InChI is InChI=1S/C14H20F6O2/c1-3-10(21)22-11(9-7-5-4-6-8-9)12(2,13(15,16)17)14(18,19)20/h9,11H,3-8H2,1-2H3. The van der Waals surface area contributed by atoms with Crippen molar-refractivity contribution in [1.29, 1.82) is 0 Å². The molecule has 0 heterocycles. The molecule has 1 aliphatic rings. The highest BCUT2D eigenvalue weighted by Gasteiger charge is 2.73. The number of rotatable bonds is 4. The molecule has 0 aliphatic heterocycles. The smallest absolute Gasteiger partial charge is 0.406 e. The molecular weight excluding hydrogens is 314 g/mol. The summed E-state index contributed by atoms with van der Waals surface area (Å²) in [5.74, 6) is -1.98. The van der Waals surface area contributed by atoms with Gasteiger partial charge in [0.1, 0.15) is 6.10 Å². The summed E-state index contributed by atoms with van der Waals surface area (Å²) < 4.78 is 84.2. The Bertz CT molecular complexity index is 368. The van der Waals surface area contributed by atoms with E-state index in [1.54, 1.807) is 0 Å². The van der Waals surface area contributed by atoms with Crippen LogP contribution in [-0.4, -0.2) is 24.4 Å². The van der Waals surface area contributed by atoms with Crippen molar-refractivity contribution in [2.24, 2.45) is 11.3 Å². The molecule has 0 N–H and O–H groups in total. The van der Waals surface area contributed by atoms with Crippen LogP contribution in [-0.2, 0) is 9.53 Å². The molecule has 1 saturated carbocycles. The normalized spacial score (nSPS) is 19.8. The number of ether oxygens (including phenoxy) is 1. The first kappa shape index (κ1) is 19.1. The van der Waals surface area contributed by atoms with E-state index in [9.17, 15) is 31.1 Å². The van der Waals surface area contributed by atoms with E-state index in [0.29, 0.717) is 12.8 Å². The number of carbonyl (C=O) groups is 1. The fraction of sp³-hybridized carbons (Fsp3) is 0.929. The van der Waals surface area contributed by atoms with Crippen molar-refractivity contribution >= 4 is 5.97 Å². The number of alkyl halides is 6. The van der Waals surface area contributed by atoms with Crippen molar-refractivity contribution in [1.82, 2.24) is 0 Å². The lowest BCUT2D eigenvalue weighted by Gasteiger charge is -2.44. The van der Waals surface area contributed by atoms with E-state index in [0.717, 1.165) is 6.42 Å². The lowest BCUT2D eigenvalue weighted by Crippen LogP contribution is -2.59. The maximum absolute atomic E-state index is 13.2. The maximum Gasteiger partial charge on any atom is 0.406 e. The van der Waals surface area contributed by atoms with Gasteiger partial charge in [-0.05, 0) is 25.7 Å².